The van der Waals surface area contributed by atoms with Crippen LogP contribution in [0.15, 0.2) is 24.3 Å². The molecule has 0 aliphatic rings. The van der Waals surface area contributed by atoms with Crippen molar-refractivity contribution in [3.8, 4) is 0 Å². The van der Waals surface area contributed by atoms with E-state index < -0.39 is 5.97 Å². The molecule has 0 radical (unpaired) electrons. The van der Waals surface area contributed by atoms with Gasteiger partial charge >= 0.3 is 5.97 Å². The first-order chi connectivity index (χ1) is 7.06. The van der Waals surface area contributed by atoms with Gasteiger partial charge in [-0.25, -0.2) is 4.79 Å². The first kappa shape index (κ1) is 11.2. The number of nitrogens with zero attached hydrogens (tertiary/aromatic N) is 1. The lowest BCUT2D eigenvalue weighted by molar-refractivity contribution is 0.0697. The first-order valence-corrected chi connectivity index (χ1v) is 4.65. The number of benzene rings is 1. The highest BCUT2D eigenvalue weighted by atomic mass is 16.4. The summed E-state index contributed by atoms with van der Waals surface area (Å²) in [4.78, 5) is 23.9. The van der Waals surface area contributed by atoms with Crippen molar-refractivity contribution in [3.63, 3.8) is 0 Å². The number of amides is 1. The van der Waals surface area contributed by atoms with Gasteiger partial charge < -0.3 is 10.0 Å². The molecule has 15 heavy (non-hydrogen) atoms. The van der Waals surface area contributed by atoms with E-state index in [1.54, 1.807) is 19.2 Å². The molecule has 0 saturated heterocycles. The highest BCUT2D eigenvalue weighted by Crippen LogP contribution is 2.07. The third-order valence-electron chi connectivity index (χ3n) is 2.18. The van der Waals surface area contributed by atoms with Gasteiger partial charge in [-0.05, 0) is 25.1 Å². The van der Waals surface area contributed by atoms with Crippen LogP contribution in [0.3, 0.4) is 0 Å². The lowest BCUT2D eigenvalue weighted by Crippen LogP contribution is -2.26. The summed E-state index contributed by atoms with van der Waals surface area (Å²) in [6.45, 7) is 2.45. The van der Waals surface area contributed by atoms with Crippen LogP contribution < -0.4 is 0 Å². The number of carbonyl (C=O) groups excluding carboxylic acids is 1. The lowest BCUT2D eigenvalue weighted by atomic mass is 10.1. The largest absolute Gasteiger partial charge is 0.478 e. The Morgan fingerprint density at radius 1 is 1.33 bits per heavy atom. The van der Waals surface area contributed by atoms with E-state index in [1.807, 2.05) is 6.92 Å². The quantitative estimate of drug-likeness (QED) is 0.816. The van der Waals surface area contributed by atoms with Gasteiger partial charge in [0, 0.05) is 19.2 Å². The number of hydrogen-bond acceptors (Lipinski definition) is 2. The lowest BCUT2D eigenvalue weighted by Gasteiger charge is -2.14. The summed E-state index contributed by atoms with van der Waals surface area (Å²) in [7, 11) is 1.68. The summed E-state index contributed by atoms with van der Waals surface area (Å²) in [6, 6.07) is 6.03. The molecule has 0 atom stereocenters. The van der Waals surface area contributed by atoms with Crippen molar-refractivity contribution in [3.05, 3.63) is 35.4 Å². The van der Waals surface area contributed by atoms with Gasteiger partial charge in [-0.2, -0.15) is 0 Å². The number of rotatable bonds is 3. The molecule has 0 aliphatic heterocycles. The Balaban J connectivity index is 3.00. The number of carboxylic acid groups (broad SMARTS) is 1. The zero-order valence-corrected chi connectivity index (χ0v) is 8.73. The summed E-state index contributed by atoms with van der Waals surface area (Å²) in [5, 5.41) is 8.76. The van der Waals surface area contributed by atoms with Gasteiger partial charge in [0.1, 0.15) is 0 Å². The van der Waals surface area contributed by atoms with Gasteiger partial charge in [0.15, 0.2) is 0 Å². The third kappa shape index (κ3) is 2.56. The predicted molar refractivity (Wildman–Crippen MR) is 56.0 cm³/mol. The van der Waals surface area contributed by atoms with Crippen molar-refractivity contribution < 1.29 is 14.7 Å². The van der Waals surface area contributed by atoms with Crippen LogP contribution in [0.5, 0.6) is 0 Å². The van der Waals surface area contributed by atoms with Gasteiger partial charge in [-0.15, -0.1) is 0 Å². The van der Waals surface area contributed by atoms with E-state index in [1.165, 1.54) is 17.0 Å². The maximum atomic E-state index is 11.7. The van der Waals surface area contributed by atoms with Crippen molar-refractivity contribution >= 4 is 11.9 Å². The molecule has 0 saturated carbocycles. The monoisotopic (exact) mass is 207 g/mol. The molecule has 0 unspecified atom stereocenters. The van der Waals surface area contributed by atoms with Gasteiger partial charge in [0.2, 0.25) is 0 Å². The molecule has 1 amide bonds. The van der Waals surface area contributed by atoms with E-state index >= 15 is 0 Å². The van der Waals surface area contributed by atoms with E-state index in [2.05, 4.69) is 0 Å². The minimum absolute atomic E-state index is 0.130. The van der Waals surface area contributed by atoms with Crippen LogP contribution in [0.4, 0.5) is 0 Å². The Labute approximate surface area is 88.1 Å². The maximum absolute atomic E-state index is 11.7. The zero-order chi connectivity index (χ0) is 11.4. The standard InChI is InChI=1S/C11H13NO3/c1-3-12(2)10(13)8-5-4-6-9(7-8)11(14)15/h4-7H,3H2,1-2H3,(H,14,15). The van der Waals surface area contributed by atoms with E-state index in [-0.39, 0.29) is 11.5 Å². The molecular weight excluding hydrogens is 194 g/mol. The van der Waals surface area contributed by atoms with E-state index in [0.717, 1.165) is 0 Å². The van der Waals surface area contributed by atoms with E-state index in [9.17, 15) is 9.59 Å². The average Bonchev–Trinajstić information content (AvgIpc) is 2.27. The minimum atomic E-state index is -1.02. The van der Waals surface area contributed by atoms with Crippen molar-refractivity contribution in [2.45, 2.75) is 6.92 Å². The average molecular weight is 207 g/mol. The molecule has 0 heterocycles. The van der Waals surface area contributed by atoms with Crippen molar-refractivity contribution in [1.82, 2.24) is 4.90 Å². The minimum Gasteiger partial charge on any atom is -0.478 e. The van der Waals surface area contributed by atoms with Crippen LogP contribution in [-0.2, 0) is 0 Å². The highest BCUT2D eigenvalue weighted by molar-refractivity contribution is 5.97. The van der Waals surface area contributed by atoms with Crippen LogP contribution in [0, 0.1) is 0 Å². The fourth-order valence-electron chi connectivity index (χ4n) is 1.15. The second-order valence-electron chi connectivity index (χ2n) is 3.21. The van der Waals surface area contributed by atoms with Gasteiger partial charge in [0.25, 0.3) is 5.91 Å². The molecule has 0 spiro atoms. The Kier molecular flexibility index (Phi) is 3.44. The van der Waals surface area contributed by atoms with Crippen molar-refractivity contribution in [2.24, 2.45) is 0 Å². The summed E-state index contributed by atoms with van der Waals surface area (Å²) in [5.74, 6) is -1.19. The molecule has 1 rings (SSSR count). The fraction of sp³-hybridized carbons (Fsp3) is 0.273. The molecule has 0 fully saturated rings. The normalized spacial score (nSPS) is 9.73. The molecular formula is C11H13NO3. The molecule has 1 aromatic rings. The van der Waals surface area contributed by atoms with Crippen molar-refractivity contribution in [2.75, 3.05) is 13.6 Å². The smallest absolute Gasteiger partial charge is 0.335 e. The SMILES string of the molecule is CCN(C)C(=O)c1cccc(C(=O)O)c1. The Morgan fingerprint density at radius 2 is 1.93 bits per heavy atom. The van der Waals surface area contributed by atoms with Crippen LogP contribution in [0.2, 0.25) is 0 Å². The first-order valence-electron chi connectivity index (χ1n) is 4.65. The van der Waals surface area contributed by atoms with Crippen LogP contribution in [-0.4, -0.2) is 35.5 Å². The molecule has 0 aromatic heterocycles. The summed E-state index contributed by atoms with van der Waals surface area (Å²) in [6.07, 6.45) is 0. The zero-order valence-electron chi connectivity index (χ0n) is 8.73. The predicted octanol–water partition coefficient (Wildman–Crippen LogP) is 1.48. The van der Waals surface area contributed by atoms with Gasteiger partial charge in [-0.3, -0.25) is 4.79 Å². The maximum Gasteiger partial charge on any atom is 0.335 e. The fourth-order valence-corrected chi connectivity index (χ4v) is 1.15. The van der Waals surface area contributed by atoms with E-state index in [4.69, 9.17) is 5.11 Å². The Bertz CT molecular complexity index is 387. The molecule has 1 aromatic carbocycles. The molecule has 0 aliphatic carbocycles. The van der Waals surface area contributed by atoms with Crippen molar-refractivity contribution in [1.29, 1.82) is 0 Å². The van der Waals surface area contributed by atoms with Crippen LogP contribution >= 0.6 is 0 Å². The number of aromatic carboxylic acids is 1. The topological polar surface area (TPSA) is 57.6 Å². The van der Waals surface area contributed by atoms with Gasteiger partial charge in [0.05, 0.1) is 5.56 Å². The van der Waals surface area contributed by atoms with E-state index in [0.29, 0.717) is 12.1 Å². The van der Waals surface area contributed by atoms with Gasteiger partial charge in [-0.1, -0.05) is 6.07 Å². The third-order valence-corrected chi connectivity index (χ3v) is 2.18. The second kappa shape index (κ2) is 4.59. The summed E-state index contributed by atoms with van der Waals surface area (Å²) >= 11 is 0. The van der Waals surface area contributed by atoms with Crippen LogP contribution in [0.25, 0.3) is 0 Å². The second-order valence-corrected chi connectivity index (χ2v) is 3.21. The molecule has 4 heteroatoms. The molecule has 1 N–H and O–H groups in total. The molecule has 4 nitrogen and oxygen atoms in total. The highest BCUT2D eigenvalue weighted by Gasteiger charge is 2.11. The van der Waals surface area contributed by atoms with Crippen LogP contribution in [0.1, 0.15) is 27.6 Å². The molecule has 0 bridgehead atoms. The number of carboxylic acids is 1. The Hall–Kier alpha value is -1.84. The molecule has 80 valence electrons. The Morgan fingerprint density at radius 3 is 2.47 bits per heavy atom. The summed E-state index contributed by atoms with van der Waals surface area (Å²) in [5.41, 5.74) is 0.532. The number of carbonyl (C=O) groups is 2. The summed E-state index contributed by atoms with van der Waals surface area (Å²) < 4.78 is 0. The number of hydrogen-bond donors (Lipinski definition) is 1.